The quantitative estimate of drug-likeness (QED) is 0.492. The molecule has 5 nitrogen and oxygen atoms in total. The maximum absolute atomic E-state index is 12.9. The number of hydrogen-bond donors (Lipinski definition) is 1. The highest BCUT2D eigenvalue weighted by atomic mass is 35.5. The second kappa shape index (κ2) is 9.66. The van der Waals surface area contributed by atoms with Crippen molar-refractivity contribution in [3.8, 4) is 11.5 Å². The van der Waals surface area contributed by atoms with E-state index in [2.05, 4.69) is 4.72 Å². The van der Waals surface area contributed by atoms with E-state index in [0.717, 1.165) is 11.1 Å². The van der Waals surface area contributed by atoms with Crippen LogP contribution >= 0.6 is 23.2 Å². The largest absolute Gasteiger partial charge is 0.495 e. The van der Waals surface area contributed by atoms with E-state index in [1.54, 1.807) is 36.4 Å². The smallest absolute Gasteiger partial charge is 0.242 e. The van der Waals surface area contributed by atoms with Gasteiger partial charge in [0.25, 0.3) is 0 Å². The minimum Gasteiger partial charge on any atom is -0.495 e. The lowest BCUT2D eigenvalue weighted by atomic mass is 10.2. The summed E-state index contributed by atoms with van der Waals surface area (Å²) in [7, 11) is -2.47. The molecule has 0 saturated carbocycles. The van der Waals surface area contributed by atoms with E-state index in [1.807, 2.05) is 0 Å². The van der Waals surface area contributed by atoms with E-state index in [9.17, 15) is 12.8 Å². The van der Waals surface area contributed by atoms with Gasteiger partial charge < -0.3 is 9.47 Å². The molecule has 0 aliphatic heterocycles. The van der Waals surface area contributed by atoms with Crippen LogP contribution in [0, 0.1) is 5.82 Å². The second-order valence-corrected chi connectivity index (χ2v) is 8.77. The Morgan fingerprint density at radius 1 is 0.900 bits per heavy atom. The van der Waals surface area contributed by atoms with Crippen LogP contribution in [0.4, 0.5) is 4.39 Å². The maximum Gasteiger partial charge on any atom is 0.242 e. The zero-order valence-corrected chi connectivity index (χ0v) is 18.2. The lowest BCUT2D eigenvalue weighted by Crippen LogP contribution is -2.23. The van der Waals surface area contributed by atoms with Crippen LogP contribution in [0.3, 0.4) is 0 Å². The molecule has 3 aromatic rings. The molecule has 0 aliphatic carbocycles. The van der Waals surface area contributed by atoms with E-state index >= 15 is 0 Å². The van der Waals surface area contributed by atoms with E-state index in [0.29, 0.717) is 12.4 Å². The van der Waals surface area contributed by atoms with Crippen LogP contribution in [0.25, 0.3) is 0 Å². The van der Waals surface area contributed by atoms with Crippen molar-refractivity contribution in [2.24, 2.45) is 0 Å². The molecular weight excluding hydrogens is 452 g/mol. The summed E-state index contributed by atoms with van der Waals surface area (Å²) < 4.78 is 51.3. The summed E-state index contributed by atoms with van der Waals surface area (Å²) in [5.74, 6) is 0.594. The number of nitrogens with one attached hydrogen (secondary N) is 1. The van der Waals surface area contributed by atoms with Crippen molar-refractivity contribution < 1.29 is 22.3 Å². The molecule has 0 amide bonds. The second-order valence-electron chi connectivity index (χ2n) is 6.28. The van der Waals surface area contributed by atoms with E-state index in [4.69, 9.17) is 32.7 Å². The molecule has 3 rings (SSSR count). The number of rotatable bonds is 8. The average Bonchev–Trinajstić information content (AvgIpc) is 2.74. The standard InChI is InChI=1S/C21H18Cl2FNO4S/c1-28-18-10-11-19(21(23)20(18)22)30(26,27)25-12-14-4-8-17(9-5-14)29-13-15-2-6-16(24)7-3-15/h2-11,25H,12-13H2,1H3. The van der Waals surface area contributed by atoms with Gasteiger partial charge in [-0.05, 0) is 47.5 Å². The molecule has 1 N–H and O–H groups in total. The van der Waals surface area contributed by atoms with Gasteiger partial charge in [-0.25, -0.2) is 17.5 Å². The van der Waals surface area contributed by atoms with E-state index < -0.39 is 10.0 Å². The minimum absolute atomic E-state index is 0.0321. The molecule has 0 unspecified atom stereocenters. The summed E-state index contributed by atoms with van der Waals surface area (Å²) in [5, 5.41) is -0.0715. The molecule has 9 heteroatoms. The highest BCUT2D eigenvalue weighted by Crippen LogP contribution is 2.36. The van der Waals surface area contributed by atoms with Crippen LogP contribution < -0.4 is 14.2 Å². The van der Waals surface area contributed by atoms with Gasteiger partial charge in [-0.1, -0.05) is 47.5 Å². The van der Waals surface area contributed by atoms with Crippen molar-refractivity contribution in [2.45, 2.75) is 18.0 Å². The summed E-state index contributed by atoms with van der Waals surface area (Å²) in [6.45, 7) is 0.351. The summed E-state index contributed by atoms with van der Waals surface area (Å²) in [5.41, 5.74) is 1.56. The van der Waals surface area contributed by atoms with Gasteiger partial charge >= 0.3 is 0 Å². The van der Waals surface area contributed by atoms with Gasteiger partial charge in [0, 0.05) is 6.54 Å². The predicted molar refractivity (Wildman–Crippen MR) is 114 cm³/mol. The van der Waals surface area contributed by atoms with Gasteiger partial charge in [-0.15, -0.1) is 0 Å². The normalized spacial score (nSPS) is 11.3. The zero-order chi connectivity index (χ0) is 21.7. The Morgan fingerprint density at radius 3 is 2.17 bits per heavy atom. The summed E-state index contributed by atoms with van der Waals surface area (Å²) >= 11 is 12.1. The van der Waals surface area contributed by atoms with E-state index in [1.165, 1.54) is 31.4 Å². The first-order valence-electron chi connectivity index (χ1n) is 8.78. The minimum atomic E-state index is -3.88. The third kappa shape index (κ3) is 5.43. The molecule has 0 heterocycles. The molecule has 0 aliphatic rings. The zero-order valence-electron chi connectivity index (χ0n) is 15.9. The van der Waals surface area contributed by atoms with Gasteiger partial charge in [-0.2, -0.15) is 0 Å². The van der Waals surface area contributed by atoms with Gasteiger partial charge in [0.05, 0.1) is 12.1 Å². The van der Waals surface area contributed by atoms with Gasteiger partial charge in [0.15, 0.2) is 0 Å². The Kier molecular flexibility index (Phi) is 7.20. The van der Waals surface area contributed by atoms with Crippen molar-refractivity contribution in [1.82, 2.24) is 4.72 Å². The Hall–Kier alpha value is -2.32. The van der Waals surface area contributed by atoms with Crippen LogP contribution in [0.15, 0.2) is 65.6 Å². The summed E-state index contributed by atoms with van der Waals surface area (Å²) in [6.07, 6.45) is 0. The number of methoxy groups -OCH3 is 1. The molecule has 3 aromatic carbocycles. The predicted octanol–water partition coefficient (Wildman–Crippen LogP) is 5.20. The fraction of sp³-hybridized carbons (Fsp3) is 0.143. The molecule has 30 heavy (non-hydrogen) atoms. The van der Waals surface area contributed by atoms with E-state index in [-0.39, 0.29) is 33.1 Å². The van der Waals surface area contributed by atoms with Crippen LogP contribution in [0.5, 0.6) is 11.5 Å². The van der Waals surface area contributed by atoms with Crippen molar-refractivity contribution >= 4 is 33.2 Å². The fourth-order valence-corrected chi connectivity index (χ4v) is 4.44. The SMILES string of the molecule is COc1ccc(S(=O)(=O)NCc2ccc(OCc3ccc(F)cc3)cc2)c(Cl)c1Cl. The van der Waals surface area contributed by atoms with Crippen molar-refractivity contribution in [1.29, 1.82) is 0 Å². The Balaban J connectivity index is 1.61. The molecule has 0 spiro atoms. The molecule has 0 bridgehead atoms. The summed E-state index contributed by atoms with van der Waals surface area (Å²) in [4.78, 5) is -0.130. The fourth-order valence-electron chi connectivity index (χ4n) is 2.59. The number of hydrogen-bond acceptors (Lipinski definition) is 4. The lowest BCUT2D eigenvalue weighted by Gasteiger charge is -2.12. The monoisotopic (exact) mass is 469 g/mol. The van der Waals surface area contributed by atoms with Crippen molar-refractivity contribution in [2.75, 3.05) is 7.11 Å². The Bertz CT molecular complexity index is 1120. The molecule has 0 saturated heterocycles. The highest BCUT2D eigenvalue weighted by Gasteiger charge is 2.21. The van der Waals surface area contributed by atoms with Crippen molar-refractivity contribution in [3.05, 3.63) is 87.7 Å². The Morgan fingerprint density at radius 2 is 1.53 bits per heavy atom. The molecule has 0 radical (unpaired) electrons. The molecule has 0 atom stereocenters. The third-order valence-electron chi connectivity index (χ3n) is 4.23. The first-order chi connectivity index (χ1) is 14.3. The summed E-state index contributed by atoms with van der Waals surface area (Å²) in [6, 6.07) is 15.7. The number of benzene rings is 3. The number of halogens is 3. The van der Waals surface area contributed by atoms with Gasteiger partial charge in [-0.3, -0.25) is 0 Å². The molecule has 0 aromatic heterocycles. The van der Waals surface area contributed by atoms with Crippen LogP contribution in [0.1, 0.15) is 11.1 Å². The van der Waals surface area contributed by atoms with Crippen LogP contribution in [0.2, 0.25) is 10.0 Å². The topological polar surface area (TPSA) is 64.6 Å². The highest BCUT2D eigenvalue weighted by molar-refractivity contribution is 7.89. The van der Waals surface area contributed by atoms with Crippen molar-refractivity contribution in [3.63, 3.8) is 0 Å². The van der Waals surface area contributed by atoms with Gasteiger partial charge in [0.1, 0.15) is 33.8 Å². The van der Waals surface area contributed by atoms with Gasteiger partial charge in [0.2, 0.25) is 10.0 Å². The Labute approximate surface area is 184 Å². The molecule has 158 valence electrons. The molecular formula is C21H18Cl2FNO4S. The first kappa shape index (κ1) is 22.4. The molecule has 0 fully saturated rings. The average molecular weight is 470 g/mol. The van der Waals surface area contributed by atoms with Crippen LogP contribution in [-0.4, -0.2) is 15.5 Å². The first-order valence-corrected chi connectivity index (χ1v) is 11.0. The third-order valence-corrected chi connectivity index (χ3v) is 6.65. The number of ether oxygens (including phenoxy) is 2. The number of sulfonamides is 1. The lowest BCUT2D eigenvalue weighted by molar-refractivity contribution is 0.306. The van der Waals surface area contributed by atoms with Crippen LogP contribution in [-0.2, 0) is 23.2 Å². The maximum atomic E-state index is 12.9.